The van der Waals surface area contributed by atoms with E-state index in [0.717, 1.165) is 13.1 Å². The molecular formula is C12H8Br2ClFOS. The van der Waals surface area contributed by atoms with Gasteiger partial charge in [-0.05, 0) is 61.7 Å². The summed E-state index contributed by atoms with van der Waals surface area (Å²) in [6, 6.07) is 5.99. The Morgan fingerprint density at radius 3 is 2.67 bits per heavy atom. The summed E-state index contributed by atoms with van der Waals surface area (Å²) in [6.45, 7) is 0. The van der Waals surface area contributed by atoms with Crippen LogP contribution in [-0.2, 0) is 6.42 Å². The van der Waals surface area contributed by atoms with E-state index in [1.54, 1.807) is 0 Å². The fraction of sp³-hybridized carbons (Fsp3) is 0.167. The van der Waals surface area contributed by atoms with E-state index in [9.17, 15) is 9.50 Å². The predicted octanol–water partition coefficient (Wildman–Crippen LogP) is 5.34. The van der Waals surface area contributed by atoms with Crippen molar-refractivity contribution in [2.24, 2.45) is 0 Å². The zero-order valence-corrected chi connectivity index (χ0v) is 13.7. The minimum atomic E-state index is -0.697. The molecule has 0 aliphatic heterocycles. The molecule has 1 N–H and O–H groups in total. The van der Waals surface area contributed by atoms with Gasteiger partial charge >= 0.3 is 0 Å². The molecular weight excluding hydrogens is 406 g/mol. The highest BCUT2D eigenvalue weighted by molar-refractivity contribution is 9.13. The molecule has 0 amide bonds. The summed E-state index contributed by atoms with van der Waals surface area (Å²) < 4.78 is 14.9. The molecule has 1 aromatic heterocycles. The van der Waals surface area contributed by atoms with E-state index < -0.39 is 6.10 Å². The van der Waals surface area contributed by atoms with Crippen LogP contribution >= 0.6 is 54.8 Å². The number of halogens is 4. The normalized spacial score (nSPS) is 12.7. The molecule has 2 aromatic rings. The van der Waals surface area contributed by atoms with Crippen molar-refractivity contribution in [2.45, 2.75) is 12.5 Å². The zero-order chi connectivity index (χ0) is 13.3. The second kappa shape index (κ2) is 6.01. The lowest BCUT2D eigenvalue weighted by molar-refractivity contribution is 0.182. The van der Waals surface area contributed by atoms with Crippen molar-refractivity contribution < 1.29 is 9.50 Å². The van der Waals surface area contributed by atoms with Gasteiger partial charge < -0.3 is 5.11 Å². The van der Waals surface area contributed by atoms with Crippen LogP contribution in [0, 0.1) is 5.82 Å². The number of aliphatic hydroxyl groups is 1. The summed E-state index contributed by atoms with van der Waals surface area (Å²) in [5, 5.41) is 10.6. The molecule has 18 heavy (non-hydrogen) atoms. The van der Waals surface area contributed by atoms with Crippen LogP contribution < -0.4 is 0 Å². The molecule has 0 radical (unpaired) electrons. The second-order valence-corrected chi connectivity index (χ2v) is 7.39. The summed E-state index contributed by atoms with van der Waals surface area (Å²) in [5.74, 6) is -0.352. The van der Waals surface area contributed by atoms with E-state index >= 15 is 0 Å². The highest BCUT2D eigenvalue weighted by atomic mass is 79.9. The third-order valence-corrected chi connectivity index (χ3v) is 6.14. The third-order valence-electron chi connectivity index (χ3n) is 2.41. The highest BCUT2D eigenvalue weighted by Crippen LogP contribution is 2.37. The maximum atomic E-state index is 13.1. The second-order valence-electron chi connectivity index (χ2n) is 3.73. The highest BCUT2D eigenvalue weighted by Gasteiger charge is 2.15. The average molecular weight is 415 g/mol. The van der Waals surface area contributed by atoms with Crippen molar-refractivity contribution in [3.05, 3.63) is 53.8 Å². The molecule has 0 saturated heterocycles. The van der Waals surface area contributed by atoms with Gasteiger partial charge in [0.25, 0.3) is 0 Å². The monoisotopic (exact) mass is 412 g/mol. The fourth-order valence-electron chi connectivity index (χ4n) is 1.54. The maximum absolute atomic E-state index is 13.1. The Labute approximate surface area is 130 Å². The Morgan fingerprint density at radius 1 is 1.33 bits per heavy atom. The Bertz CT molecular complexity index is 554. The Balaban J connectivity index is 2.20. The third kappa shape index (κ3) is 3.33. The Morgan fingerprint density at radius 2 is 2.06 bits per heavy atom. The number of hydrogen-bond acceptors (Lipinski definition) is 2. The van der Waals surface area contributed by atoms with E-state index in [0.29, 0.717) is 10.6 Å². The van der Waals surface area contributed by atoms with Crippen LogP contribution in [0.25, 0.3) is 0 Å². The summed E-state index contributed by atoms with van der Waals surface area (Å²) in [4.78, 5) is 0.800. The maximum Gasteiger partial charge on any atom is 0.123 e. The van der Waals surface area contributed by atoms with Crippen LogP contribution in [0.4, 0.5) is 4.39 Å². The van der Waals surface area contributed by atoms with Gasteiger partial charge in [-0.3, -0.25) is 0 Å². The molecule has 0 bridgehead atoms. The SMILES string of the molecule is OC(Cc1cc(F)ccc1Cl)c1cc(Br)c(Br)s1. The molecule has 0 aliphatic rings. The predicted molar refractivity (Wildman–Crippen MR) is 79.8 cm³/mol. The lowest BCUT2D eigenvalue weighted by atomic mass is 10.1. The van der Waals surface area contributed by atoms with Gasteiger partial charge in [0.2, 0.25) is 0 Å². The van der Waals surface area contributed by atoms with Gasteiger partial charge in [0, 0.05) is 20.8 Å². The smallest absolute Gasteiger partial charge is 0.123 e. The van der Waals surface area contributed by atoms with Crippen LogP contribution in [0.1, 0.15) is 16.5 Å². The van der Waals surface area contributed by atoms with E-state index in [-0.39, 0.29) is 12.2 Å². The van der Waals surface area contributed by atoms with Gasteiger partial charge in [-0.15, -0.1) is 11.3 Å². The van der Waals surface area contributed by atoms with Crippen LogP contribution in [-0.4, -0.2) is 5.11 Å². The topological polar surface area (TPSA) is 20.2 Å². The summed E-state index contributed by atoms with van der Waals surface area (Å²) >= 11 is 14.1. The van der Waals surface area contributed by atoms with Gasteiger partial charge in [0.15, 0.2) is 0 Å². The van der Waals surface area contributed by atoms with E-state index in [1.807, 2.05) is 6.07 Å². The van der Waals surface area contributed by atoms with Crippen molar-refractivity contribution in [3.8, 4) is 0 Å². The minimum Gasteiger partial charge on any atom is -0.387 e. The molecule has 0 saturated carbocycles. The van der Waals surface area contributed by atoms with Crippen molar-refractivity contribution in [2.75, 3.05) is 0 Å². The molecule has 0 aliphatic carbocycles. The van der Waals surface area contributed by atoms with E-state index in [1.165, 1.54) is 29.5 Å². The van der Waals surface area contributed by atoms with Gasteiger partial charge in [0.1, 0.15) is 5.82 Å². The molecule has 0 spiro atoms. The van der Waals surface area contributed by atoms with Crippen molar-refractivity contribution in [1.82, 2.24) is 0 Å². The first kappa shape index (κ1) is 14.5. The van der Waals surface area contributed by atoms with Crippen LogP contribution in [0.5, 0.6) is 0 Å². The molecule has 96 valence electrons. The van der Waals surface area contributed by atoms with Crippen LogP contribution in [0.2, 0.25) is 5.02 Å². The molecule has 1 nitrogen and oxygen atoms in total. The van der Waals surface area contributed by atoms with Crippen molar-refractivity contribution >= 4 is 54.8 Å². The van der Waals surface area contributed by atoms with Crippen molar-refractivity contribution in [3.63, 3.8) is 0 Å². The fourth-order valence-corrected chi connectivity index (χ4v) is 3.81. The largest absolute Gasteiger partial charge is 0.387 e. The Kier molecular flexibility index (Phi) is 4.83. The molecule has 0 fully saturated rings. The Hall–Kier alpha value is 0.0600. The number of rotatable bonds is 3. The van der Waals surface area contributed by atoms with Gasteiger partial charge in [-0.2, -0.15) is 0 Å². The average Bonchev–Trinajstić information content (AvgIpc) is 2.64. The molecule has 6 heteroatoms. The summed E-state index contributed by atoms with van der Waals surface area (Å²) in [5.41, 5.74) is 0.602. The number of aliphatic hydroxyl groups excluding tert-OH is 1. The first-order valence-electron chi connectivity index (χ1n) is 5.04. The summed E-state index contributed by atoms with van der Waals surface area (Å²) in [7, 11) is 0. The first-order valence-corrected chi connectivity index (χ1v) is 7.82. The van der Waals surface area contributed by atoms with E-state index in [4.69, 9.17) is 11.6 Å². The molecule has 2 rings (SSSR count). The zero-order valence-electron chi connectivity index (χ0n) is 8.96. The number of hydrogen-bond donors (Lipinski definition) is 1. The molecule has 1 aromatic carbocycles. The van der Waals surface area contributed by atoms with Crippen LogP contribution in [0.15, 0.2) is 32.5 Å². The standard InChI is InChI=1S/C12H8Br2ClFOS/c13-8-5-11(18-12(8)14)10(17)4-6-3-7(16)1-2-9(6)15/h1-3,5,10,17H,4H2. The molecule has 1 heterocycles. The van der Waals surface area contributed by atoms with Gasteiger partial charge in [0.05, 0.1) is 9.89 Å². The lowest BCUT2D eigenvalue weighted by Crippen LogP contribution is -2.00. The minimum absolute atomic E-state index is 0.288. The number of benzene rings is 1. The molecule has 1 atom stereocenters. The van der Waals surface area contributed by atoms with Gasteiger partial charge in [-0.25, -0.2) is 4.39 Å². The quantitative estimate of drug-likeness (QED) is 0.719. The van der Waals surface area contributed by atoms with Crippen LogP contribution in [0.3, 0.4) is 0 Å². The first-order chi connectivity index (χ1) is 8.47. The van der Waals surface area contributed by atoms with Crippen molar-refractivity contribution in [1.29, 1.82) is 0 Å². The van der Waals surface area contributed by atoms with Gasteiger partial charge in [-0.1, -0.05) is 11.6 Å². The lowest BCUT2D eigenvalue weighted by Gasteiger charge is -2.10. The molecule has 1 unspecified atom stereocenters. The van der Waals surface area contributed by atoms with E-state index in [2.05, 4.69) is 31.9 Å². The number of thiophene rings is 1. The summed E-state index contributed by atoms with van der Waals surface area (Å²) in [6.07, 6.45) is -0.410.